The number of hydrogen-bond acceptors (Lipinski definition) is 4. The molecule has 11 heteroatoms. The second-order valence-corrected chi connectivity index (χ2v) is 5.47. The first-order valence-corrected chi connectivity index (χ1v) is 7.40. The number of benzene rings is 2. The van der Waals surface area contributed by atoms with Crippen LogP contribution >= 0.6 is 0 Å². The Balaban J connectivity index is 1.92. The van der Waals surface area contributed by atoms with Gasteiger partial charge < -0.3 is 4.74 Å². The quantitative estimate of drug-likeness (QED) is 0.674. The number of nitrogens with zero attached hydrogens (tertiary/aromatic N) is 3. The summed E-state index contributed by atoms with van der Waals surface area (Å²) in [6, 6.07) is 8.03. The lowest BCUT2D eigenvalue weighted by molar-refractivity contribution is -0.274. The Morgan fingerprint density at radius 2 is 1.63 bits per heavy atom. The average Bonchev–Trinajstić information content (AvgIpc) is 3.09. The van der Waals surface area contributed by atoms with Crippen LogP contribution in [0.25, 0.3) is 11.4 Å². The number of hydrogen-bond donors (Lipinski definition) is 1. The van der Waals surface area contributed by atoms with Crippen LogP contribution in [0.15, 0.2) is 42.5 Å². The van der Waals surface area contributed by atoms with E-state index in [1.807, 2.05) is 0 Å². The van der Waals surface area contributed by atoms with Crippen LogP contribution in [0.3, 0.4) is 0 Å². The third-order valence-electron chi connectivity index (χ3n) is 3.58. The molecule has 0 aliphatic heterocycles. The molecule has 0 aliphatic carbocycles. The van der Waals surface area contributed by atoms with E-state index in [4.69, 9.17) is 0 Å². The molecule has 0 unspecified atom stereocenters. The van der Waals surface area contributed by atoms with Gasteiger partial charge in [0.15, 0.2) is 0 Å². The molecule has 5 nitrogen and oxygen atoms in total. The van der Waals surface area contributed by atoms with Crippen LogP contribution in [-0.4, -0.2) is 27.0 Å². The highest BCUT2D eigenvalue weighted by atomic mass is 19.4. The van der Waals surface area contributed by atoms with Crippen molar-refractivity contribution in [2.45, 2.75) is 19.0 Å². The van der Waals surface area contributed by atoms with Crippen molar-refractivity contribution in [1.29, 1.82) is 0 Å². The lowest BCUT2D eigenvalue weighted by Crippen LogP contribution is -2.17. The highest BCUT2D eigenvalue weighted by Crippen LogP contribution is 2.32. The summed E-state index contributed by atoms with van der Waals surface area (Å²) in [4.78, 5) is 0. The van der Waals surface area contributed by atoms with E-state index in [1.54, 1.807) is 0 Å². The van der Waals surface area contributed by atoms with Gasteiger partial charge in [-0.05, 0) is 47.0 Å². The number of ether oxygens (including phenoxy) is 1. The minimum Gasteiger partial charge on any atom is -0.406 e. The number of tetrazole rings is 1. The van der Waals surface area contributed by atoms with E-state index in [2.05, 4.69) is 25.4 Å². The van der Waals surface area contributed by atoms with E-state index in [9.17, 15) is 26.3 Å². The van der Waals surface area contributed by atoms with Crippen molar-refractivity contribution in [3.63, 3.8) is 0 Å². The van der Waals surface area contributed by atoms with Crippen LogP contribution in [0.1, 0.15) is 16.7 Å². The minimum atomic E-state index is -4.87. The molecule has 3 rings (SSSR count). The molecule has 2 aromatic carbocycles. The first-order valence-electron chi connectivity index (χ1n) is 7.40. The Hall–Kier alpha value is -3.11. The number of aromatic amines is 1. The van der Waals surface area contributed by atoms with Gasteiger partial charge >= 0.3 is 12.5 Å². The van der Waals surface area contributed by atoms with Crippen molar-refractivity contribution in [2.75, 3.05) is 0 Å². The third kappa shape index (κ3) is 4.74. The summed E-state index contributed by atoms with van der Waals surface area (Å²) >= 11 is 0. The minimum absolute atomic E-state index is 0.0320. The molecule has 0 amide bonds. The Labute approximate surface area is 148 Å². The van der Waals surface area contributed by atoms with Gasteiger partial charge in [-0.15, -0.1) is 23.4 Å². The molecule has 0 bridgehead atoms. The second-order valence-electron chi connectivity index (χ2n) is 5.47. The number of nitrogens with one attached hydrogen (secondary N) is 1. The number of alkyl halides is 6. The monoisotopic (exact) mass is 388 g/mol. The molecule has 0 atom stereocenters. The van der Waals surface area contributed by atoms with E-state index >= 15 is 0 Å². The van der Waals surface area contributed by atoms with E-state index in [0.29, 0.717) is 11.1 Å². The fourth-order valence-electron chi connectivity index (χ4n) is 2.42. The van der Waals surface area contributed by atoms with Crippen LogP contribution in [0.4, 0.5) is 26.3 Å². The Morgan fingerprint density at radius 3 is 2.19 bits per heavy atom. The van der Waals surface area contributed by atoms with Crippen molar-refractivity contribution in [1.82, 2.24) is 20.6 Å². The molecule has 0 fully saturated rings. The zero-order valence-electron chi connectivity index (χ0n) is 13.3. The summed E-state index contributed by atoms with van der Waals surface area (Å²) in [6.45, 7) is 0. The smallest absolute Gasteiger partial charge is 0.406 e. The molecule has 0 aliphatic rings. The fraction of sp³-hybridized carbons (Fsp3) is 0.188. The highest BCUT2D eigenvalue weighted by Gasteiger charge is 2.32. The lowest BCUT2D eigenvalue weighted by atomic mass is 9.98. The summed E-state index contributed by atoms with van der Waals surface area (Å²) in [5, 5.41) is 13.0. The van der Waals surface area contributed by atoms with Gasteiger partial charge in [0.2, 0.25) is 5.82 Å². The van der Waals surface area contributed by atoms with E-state index in [0.717, 1.165) is 24.3 Å². The molecule has 0 radical (unpaired) electrons. The highest BCUT2D eigenvalue weighted by molar-refractivity contribution is 5.63. The maximum Gasteiger partial charge on any atom is 0.573 e. The van der Waals surface area contributed by atoms with Crippen LogP contribution in [0, 0.1) is 0 Å². The predicted octanol–water partition coefficient (Wildman–Crippen LogP) is 4.37. The van der Waals surface area contributed by atoms with Gasteiger partial charge in [0.05, 0.1) is 5.56 Å². The average molecular weight is 388 g/mol. The van der Waals surface area contributed by atoms with E-state index < -0.39 is 23.9 Å². The van der Waals surface area contributed by atoms with Crippen LogP contribution in [0.5, 0.6) is 5.75 Å². The summed E-state index contributed by atoms with van der Waals surface area (Å²) in [5.41, 5.74) is 0.437. The molecule has 1 aromatic heterocycles. The van der Waals surface area contributed by atoms with Crippen LogP contribution in [-0.2, 0) is 12.6 Å². The van der Waals surface area contributed by atoms with Gasteiger partial charge in [-0.2, -0.15) is 18.4 Å². The number of aromatic nitrogens is 4. The van der Waals surface area contributed by atoms with Gasteiger partial charge in [0, 0.05) is 5.56 Å². The Bertz CT molecular complexity index is 904. The fourth-order valence-corrected chi connectivity index (χ4v) is 2.42. The Kier molecular flexibility index (Phi) is 4.77. The lowest BCUT2D eigenvalue weighted by Gasteiger charge is -2.13. The van der Waals surface area contributed by atoms with Gasteiger partial charge in [-0.25, -0.2) is 0 Å². The summed E-state index contributed by atoms with van der Waals surface area (Å²) in [5.74, 6) is -0.442. The standard InChI is InChI=1S/C16H10F6N4O/c17-15(18,19)11-4-1-9(2-5-11)7-10-3-6-12(27-16(20,21)22)8-13(10)14-23-25-26-24-14/h1-6,8H,7H2,(H,23,24,25,26). The number of H-pyrrole nitrogens is 1. The number of rotatable bonds is 4. The molecule has 3 aromatic rings. The van der Waals surface area contributed by atoms with Crippen LogP contribution < -0.4 is 4.74 Å². The molecule has 0 saturated carbocycles. The van der Waals surface area contributed by atoms with Gasteiger partial charge in [-0.1, -0.05) is 18.2 Å². The zero-order chi connectivity index (χ0) is 19.7. The molecule has 27 heavy (non-hydrogen) atoms. The first kappa shape index (κ1) is 18.7. The maximum absolute atomic E-state index is 12.6. The molecule has 0 spiro atoms. The molecule has 1 N–H and O–H groups in total. The molecule has 142 valence electrons. The summed E-state index contributed by atoms with van der Waals surface area (Å²) < 4.78 is 79.1. The van der Waals surface area contributed by atoms with Crippen LogP contribution in [0.2, 0.25) is 0 Å². The summed E-state index contributed by atoms with van der Waals surface area (Å²) in [6.07, 6.45) is -9.18. The molecular weight excluding hydrogens is 378 g/mol. The topological polar surface area (TPSA) is 63.7 Å². The van der Waals surface area contributed by atoms with E-state index in [1.165, 1.54) is 18.2 Å². The third-order valence-corrected chi connectivity index (χ3v) is 3.58. The zero-order valence-corrected chi connectivity index (χ0v) is 13.3. The van der Waals surface area contributed by atoms with Crippen molar-refractivity contribution in [3.05, 3.63) is 59.2 Å². The maximum atomic E-state index is 12.6. The SMILES string of the molecule is FC(F)(F)Oc1ccc(Cc2ccc(C(F)(F)F)cc2)c(-c2nn[nH]n2)c1. The molecule has 0 saturated heterocycles. The van der Waals surface area contributed by atoms with E-state index in [-0.39, 0.29) is 17.8 Å². The second kappa shape index (κ2) is 6.89. The Morgan fingerprint density at radius 1 is 0.926 bits per heavy atom. The van der Waals surface area contributed by atoms with Crippen molar-refractivity contribution >= 4 is 0 Å². The molecule has 1 heterocycles. The van der Waals surface area contributed by atoms with Gasteiger partial charge in [0.1, 0.15) is 5.75 Å². The van der Waals surface area contributed by atoms with Gasteiger partial charge in [0.25, 0.3) is 0 Å². The van der Waals surface area contributed by atoms with Crippen molar-refractivity contribution in [2.24, 2.45) is 0 Å². The first-order chi connectivity index (χ1) is 12.6. The molecular formula is C16H10F6N4O. The predicted molar refractivity (Wildman–Crippen MR) is 80.5 cm³/mol. The number of halogens is 6. The van der Waals surface area contributed by atoms with Gasteiger partial charge in [-0.3, -0.25) is 0 Å². The summed E-state index contributed by atoms with van der Waals surface area (Å²) in [7, 11) is 0. The van der Waals surface area contributed by atoms with Crippen molar-refractivity contribution < 1.29 is 31.1 Å². The van der Waals surface area contributed by atoms with Crippen molar-refractivity contribution in [3.8, 4) is 17.1 Å². The normalized spacial score (nSPS) is 12.2. The largest absolute Gasteiger partial charge is 0.573 e.